The van der Waals surface area contributed by atoms with Crippen LogP contribution in [0.4, 0.5) is 0 Å². The molecule has 2 rings (SSSR count). The summed E-state index contributed by atoms with van der Waals surface area (Å²) in [5, 5.41) is 0. The van der Waals surface area contributed by atoms with Crippen molar-refractivity contribution in [3.8, 4) is 11.6 Å². The van der Waals surface area contributed by atoms with E-state index in [2.05, 4.69) is 16.9 Å². The highest BCUT2D eigenvalue weighted by Gasteiger charge is 2.07. The molecule has 0 aliphatic rings. The van der Waals surface area contributed by atoms with Gasteiger partial charge in [-0.2, -0.15) is 0 Å². The Bertz CT molecular complexity index is 491. The number of ether oxygens (including phenoxy) is 1. The predicted molar refractivity (Wildman–Crippen MR) is 62.0 cm³/mol. The molecule has 0 bridgehead atoms. The van der Waals surface area contributed by atoms with Crippen molar-refractivity contribution in [3.05, 3.63) is 36.0 Å². The number of imidazole rings is 1. The van der Waals surface area contributed by atoms with E-state index in [0.29, 0.717) is 0 Å². The van der Waals surface area contributed by atoms with Crippen LogP contribution in [-0.2, 0) is 6.42 Å². The lowest BCUT2D eigenvalue weighted by Crippen LogP contribution is -2.00. The molecule has 0 aliphatic heterocycles. The molecule has 0 atom stereocenters. The maximum absolute atomic E-state index is 5.34. The summed E-state index contributed by atoms with van der Waals surface area (Å²) < 4.78 is 7.21. The summed E-state index contributed by atoms with van der Waals surface area (Å²) in [5.74, 6) is 1.55. The average Bonchev–Trinajstić information content (AvgIpc) is 2.74. The van der Waals surface area contributed by atoms with E-state index in [1.165, 1.54) is 0 Å². The molecular weight excluding hydrogens is 202 g/mol. The van der Waals surface area contributed by atoms with Gasteiger partial charge in [0.2, 0.25) is 0 Å². The molecule has 2 aromatic heterocycles. The Balaban J connectivity index is 2.48. The minimum atomic E-state index is 0.775. The fourth-order valence-electron chi connectivity index (χ4n) is 1.55. The highest BCUT2D eigenvalue weighted by Crippen LogP contribution is 2.21. The molecule has 0 aromatic carbocycles. The van der Waals surface area contributed by atoms with Crippen molar-refractivity contribution in [1.82, 2.24) is 14.5 Å². The zero-order chi connectivity index (χ0) is 11.5. The first-order chi connectivity index (χ1) is 7.74. The maximum atomic E-state index is 5.34. The van der Waals surface area contributed by atoms with E-state index in [0.717, 1.165) is 29.2 Å². The van der Waals surface area contributed by atoms with Gasteiger partial charge in [-0.25, -0.2) is 9.97 Å². The van der Waals surface area contributed by atoms with E-state index in [9.17, 15) is 0 Å². The second-order valence-corrected chi connectivity index (χ2v) is 3.65. The van der Waals surface area contributed by atoms with Crippen molar-refractivity contribution in [2.24, 2.45) is 0 Å². The van der Waals surface area contributed by atoms with Crippen molar-refractivity contribution < 1.29 is 4.74 Å². The van der Waals surface area contributed by atoms with Gasteiger partial charge in [-0.05, 0) is 25.0 Å². The predicted octanol–water partition coefficient (Wildman–Crippen LogP) is 2.15. The minimum Gasteiger partial charge on any atom is -0.493 e. The fraction of sp³-hybridized carbons (Fsp3) is 0.333. The second-order valence-electron chi connectivity index (χ2n) is 3.65. The van der Waals surface area contributed by atoms with Gasteiger partial charge in [0.25, 0.3) is 0 Å². The fourth-order valence-corrected chi connectivity index (χ4v) is 1.55. The molecule has 84 valence electrons. The van der Waals surface area contributed by atoms with Gasteiger partial charge in [-0.15, -0.1) is 0 Å². The third-order valence-corrected chi connectivity index (χ3v) is 2.47. The highest BCUT2D eigenvalue weighted by molar-refractivity contribution is 5.42. The molecule has 4 nitrogen and oxygen atoms in total. The molecule has 0 spiro atoms. The highest BCUT2D eigenvalue weighted by atomic mass is 16.5. The normalized spacial score (nSPS) is 10.4. The molecule has 0 radical (unpaired) electrons. The summed E-state index contributed by atoms with van der Waals surface area (Å²) in [6, 6.07) is 2.01. The summed E-state index contributed by atoms with van der Waals surface area (Å²) in [5.41, 5.74) is 2.13. The van der Waals surface area contributed by atoms with Crippen LogP contribution in [0.5, 0.6) is 5.75 Å². The maximum Gasteiger partial charge on any atom is 0.180 e. The average molecular weight is 217 g/mol. The van der Waals surface area contributed by atoms with Gasteiger partial charge in [0.1, 0.15) is 6.33 Å². The van der Waals surface area contributed by atoms with Gasteiger partial charge in [0.15, 0.2) is 11.6 Å². The van der Waals surface area contributed by atoms with Crippen LogP contribution in [0.15, 0.2) is 24.8 Å². The van der Waals surface area contributed by atoms with Crippen molar-refractivity contribution in [1.29, 1.82) is 0 Å². The summed E-state index contributed by atoms with van der Waals surface area (Å²) in [6.45, 7) is 4.04. The third-order valence-electron chi connectivity index (χ3n) is 2.47. The van der Waals surface area contributed by atoms with Gasteiger partial charge in [-0.3, -0.25) is 4.57 Å². The molecule has 16 heavy (non-hydrogen) atoms. The number of hydrogen-bond donors (Lipinski definition) is 0. The van der Waals surface area contributed by atoms with Crippen molar-refractivity contribution in [3.63, 3.8) is 0 Å². The number of pyridine rings is 1. The lowest BCUT2D eigenvalue weighted by Gasteiger charge is -2.09. The lowest BCUT2D eigenvalue weighted by molar-refractivity contribution is 0.410. The Hall–Kier alpha value is -1.84. The summed E-state index contributed by atoms with van der Waals surface area (Å²) >= 11 is 0. The van der Waals surface area contributed by atoms with Gasteiger partial charge < -0.3 is 4.74 Å². The summed E-state index contributed by atoms with van der Waals surface area (Å²) in [6.07, 6.45) is 6.49. The molecule has 0 saturated heterocycles. The van der Waals surface area contributed by atoms with Crippen LogP contribution in [0.1, 0.15) is 18.2 Å². The van der Waals surface area contributed by atoms with Gasteiger partial charge in [-0.1, -0.05) is 6.92 Å². The topological polar surface area (TPSA) is 39.9 Å². The third kappa shape index (κ3) is 1.91. The van der Waals surface area contributed by atoms with Crippen LogP contribution >= 0.6 is 0 Å². The zero-order valence-corrected chi connectivity index (χ0v) is 9.77. The van der Waals surface area contributed by atoms with E-state index < -0.39 is 0 Å². The van der Waals surface area contributed by atoms with Crippen molar-refractivity contribution in [2.45, 2.75) is 20.3 Å². The van der Waals surface area contributed by atoms with Crippen LogP contribution in [0.2, 0.25) is 0 Å². The SMILES string of the molecule is CCc1cnc(-n2cnc(C)c2)c(OC)c1. The smallest absolute Gasteiger partial charge is 0.180 e. The number of hydrogen-bond acceptors (Lipinski definition) is 3. The van der Waals surface area contributed by atoms with Gasteiger partial charge in [0.05, 0.1) is 12.8 Å². The zero-order valence-electron chi connectivity index (χ0n) is 9.77. The van der Waals surface area contributed by atoms with E-state index >= 15 is 0 Å². The van der Waals surface area contributed by atoms with Crippen LogP contribution in [0.25, 0.3) is 5.82 Å². The Morgan fingerprint density at radius 1 is 1.38 bits per heavy atom. The molecular formula is C12H15N3O. The first-order valence-corrected chi connectivity index (χ1v) is 5.28. The standard InChI is InChI=1S/C12H15N3O/c1-4-10-5-11(16-3)12(13-6-10)15-7-9(2)14-8-15/h5-8H,4H2,1-3H3. The summed E-state index contributed by atoms with van der Waals surface area (Å²) in [7, 11) is 1.66. The Morgan fingerprint density at radius 3 is 2.75 bits per heavy atom. The van der Waals surface area contributed by atoms with Gasteiger partial charge >= 0.3 is 0 Å². The quantitative estimate of drug-likeness (QED) is 0.790. The first kappa shape index (κ1) is 10.7. The van der Waals surface area contributed by atoms with Gasteiger partial charge in [0, 0.05) is 12.4 Å². The minimum absolute atomic E-state index is 0.775. The number of aromatic nitrogens is 3. The van der Waals surface area contributed by atoms with Crippen LogP contribution in [0, 0.1) is 6.92 Å². The molecule has 2 heterocycles. The summed E-state index contributed by atoms with van der Waals surface area (Å²) in [4.78, 5) is 8.58. The number of aryl methyl sites for hydroxylation is 2. The van der Waals surface area contributed by atoms with E-state index in [1.807, 2.05) is 30.0 Å². The molecule has 2 aromatic rings. The second kappa shape index (κ2) is 4.35. The Morgan fingerprint density at radius 2 is 2.19 bits per heavy atom. The monoisotopic (exact) mass is 217 g/mol. The largest absolute Gasteiger partial charge is 0.493 e. The number of rotatable bonds is 3. The Kier molecular flexibility index (Phi) is 2.90. The molecule has 0 N–H and O–H groups in total. The van der Waals surface area contributed by atoms with E-state index in [-0.39, 0.29) is 0 Å². The van der Waals surface area contributed by atoms with Crippen molar-refractivity contribution in [2.75, 3.05) is 7.11 Å². The Labute approximate surface area is 94.9 Å². The molecule has 0 amide bonds. The molecule has 4 heteroatoms. The number of methoxy groups -OCH3 is 1. The molecule has 0 saturated carbocycles. The van der Waals surface area contributed by atoms with Crippen LogP contribution < -0.4 is 4.74 Å². The lowest BCUT2D eigenvalue weighted by atomic mass is 10.2. The molecule has 0 fully saturated rings. The van der Waals surface area contributed by atoms with Crippen LogP contribution in [-0.4, -0.2) is 21.6 Å². The van der Waals surface area contributed by atoms with E-state index in [1.54, 1.807) is 13.4 Å². The molecule has 0 aliphatic carbocycles. The van der Waals surface area contributed by atoms with Crippen molar-refractivity contribution >= 4 is 0 Å². The van der Waals surface area contributed by atoms with E-state index in [4.69, 9.17) is 4.74 Å². The molecule has 0 unspecified atom stereocenters. The van der Waals surface area contributed by atoms with Crippen LogP contribution in [0.3, 0.4) is 0 Å². The number of nitrogens with zero attached hydrogens (tertiary/aromatic N) is 3. The first-order valence-electron chi connectivity index (χ1n) is 5.28.